The van der Waals surface area contributed by atoms with Crippen molar-refractivity contribution in [2.45, 2.75) is 37.5 Å². The van der Waals surface area contributed by atoms with Crippen LogP contribution in [0, 0.1) is 5.82 Å². The molecule has 4 heterocycles. The van der Waals surface area contributed by atoms with E-state index in [4.69, 9.17) is 5.10 Å². The molecule has 2 aliphatic rings. The van der Waals surface area contributed by atoms with Crippen molar-refractivity contribution in [2.24, 2.45) is 0 Å². The molecule has 0 unspecified atom stereocenters. The van der Waals surface area contributed by atoms with Crippen LogP contribution in [0.1, 0.15) is 49.0 Å². The van der Waals surface area contributed by atoms with Gasteiger partial charge in [-0.25, -0.2) is 14.4 Å². The van der Waals surface area contributed by atoms with Gasteiger partial charge in [0.25, 0.3) is 0 Å². The van der Waals surface area contributed by atoms with E-state index in [9.17, 15) is 4.39 Å². The van der Waals surface area contributed by atoms with Gasteiger partial charge in [0.05, 0.1) is 18.1 Å². The van der Waals surface area contributed by atoms with Crippen molar-refractivity contribution in [1.82, 2.24) is 29.8 Å². The normalized spacial score (nSPS) is 18.8. The first-order chi connectivity index (χ1) is 12.3. The summed E-state index contributed by atoms with van der Waals surface area (Å²) >= 11 is 0. The van der Waals surface area contributed by atoms with Gasteiger partial charge in [0.15, 0.2) is 17.3 Å². The first-order valence-electron chi connectivity index (χ1n) is 8.73. The smallest absolute Gasteiger partial charge is 0.225 e. The number of fused-ring (bicyclic) bond motifs is 1. The molecule has 1 aliphatic heterocycles. The highest BCUT2D eigenvalue weighted by Gasteiger charge is 2.28. The molecule has 0 radical (unpaired) electrons. The summed E-state index contributed by atoms with van der Waals surface area (Å²) in [4.78, 5) is 10.2. The highest BCUT2D eigenvalue weighted by Crippen LogP contribution is 2.39. The topological polar surface area (TPSA) is 72.1 Å². The van der Waals surface area contributed by atoms with Gasteiger partial charge in [0, 0.05) is 24.9 Å². The molecule has 1 saturated heterocycles. The van der Waals surface area contributed by atoms with E-state index in [1.54, 1.807) is 0 Å². The lowest BCUT2D eigenvalue weighted by atomic mass is 9.96. The van der Waals surface area contributed by atoms with Gasteiger partial charge in [0.1, 0.15) is 0 Å². The number of halogens is 1. The second kappa shape index (κ2) is 5.72. The summed E-state index contributed by atoms with van der Waals surface area (Å²) in [6, 6.07) is 4.08. The Hall–Kier alpha value is -2.64. The van der Waals surface area contributed by atoms with Crippen molar-refractivity contribution in [1.29, 1.82) is 0 Å². The Morgan fingerprint density at radius 2 is 1.68 bits per heavy atom. The summed E-state index contributed by atoms with van der Waals surface area (Å²) in [6.45, 7) is 1.63. The number of rotatable bonds is 3. The lowest BCUT2D eigenvalue weighted by Crippen LogP contribution is -2.34. The molecule has 3 aromatic heterocycles. The second-order valence-electron chi connectivity index (χ2n) is 6.82. The monoisotopic (exact) mass is 339 g/mol. The zero-order valence-electron chi connectivity index (χ0n) is 13.7. The molecule has 7 nitrogen and oxygen atoms in total. The summed E-state index contributed by atoms with van der Waals surface area (Å²) in [5, 5.41) is 13.4. The average molecular weight is 339 g/mol. The predicted molar refractivity (Wildman–Crippen MR) is 88.9 cm³/mol. The lowest BCUT2D eigenvalue weighted by molar-refractivity contribution is 0.471. The number of piperidine rings is 1. The molecule has 3 aromatic rings. The third-order valence-electron chi connectivity index (χ3n) is 5.05. The maximum absolute atomic E-state index is 13.0. The minimum absolute atomic E-state index is 0.314. The van der Waals surface area contributed by atoms with Crippen molar-refractivity contribution < 1.29 is 4.39 Å². The summed E-state index contributed by atoms with van der Waals surface area (Å²) in [7, 11) is 0. The molecule has 0 bridgehead atoms. The Morgan fingerprint density at radius 3 is 2.40 bits per heavy atom. The highest BCUT2D eigenvalue weighted by molar-refractivity contribution is 5.38. The quantitative estimate of drug-likeness (QED) is 0.729. The molecule has 128 valence electrons. The maximum Gasteiger partial charge on any atom is 0.225 e. The van der Waals surface area contributed by atoms with Crippen LogP contribution < -0.4 is 4.90 Å². The van der Waals surface area contributed by atoms with Gasteiger partial charge in [-0.15, -0.1) is 10.2 Å². The first kappa shape index (κ1) is 14.7. The summed E-state index contributed by atoms with van der Waals surface area (Å²) in [5.41, 5.74) is 1.95. The molecule has 5 rings (SSSR count). The number of anilines is 1. The third-order valence-corrected chi connectivity index (χ3v) is 5.05. The fourth-order valence-electron chi connectivity index (χ4n) is 3.48. The number of hydrogen-bond acceptors (Lipinski definition) is 6. The van der Waals surface area contributed by atoms with Crippen molar-refractivity contribution in [3.63, 3.8) is 0 Å². The van der Waals surface area contributed by atoms with Crippen LogP contribution in [0.25, 0.3) is 5.65 Å². The molecular weight excluding hydrogens is 321 g/mol. The van der Waals surface area contributed by atoms with E-state index in [2.05, 4.69) is 31.1 Å². The molecule has 0 atom stereocenters. The first-order valence-corrected chi connectivity index (χ1v) is 8.73. The largest absolute Gasteiger partial charge is 0.341 e. The summed E-state index contributed by atoms with van der Waals surface area (Å²) in [6.07, 6.45) is 6.74. The number of nitrogens with zero attached hydrogens (tertiary/aromatic N) is 7. The van der Waals surface area contributed by atoms with Gasteiger partial charge in [-0.2, -0.15) is 9.61 Å². The van der Waals surface area contributed by atoms with E-state index >= 15 is 0 Å². The molecule has 25 heavy (non-hydrogen) atoms. The summed E-state index contributed by atoms with van der Waals surface area (Å²) < 4.78 is 14.9. The Labute approximate surface area is 143 Å². The number of aromatic nitrogens is 6. The standard InChI is InChI=1S/C17H18FN7/c18-13-9-19-17(20-10-13)24-7-5-12(6-8-24)16-22-21-15-4-3-14(11-1-2-11)23-25(15)16/h3-4,9-12H,1-2,5-8H2. The number of hydrogen-bond donors (Lipinski definition) is 0. The molecule has 0 amide bonds. The van der Waals surface area contributed by atoms with E-state index < -0.39 is 5.82 Å². The summed E-state index contributed by atoms with van der Waals surface area (Å²) in [5.74, 6) is 2.04. The Bertz CT molecular complexity index is 895. The van der Waals surface area contributed by atoms with Crippen molar-refractivity contribution in [2.75, 3.05) is 18.0 Å². The predicted octanol–water partition coefficient (Wildman–Crippen LogP) is 2.31. The van der Waals surface area contributed by atoms with Crippen LogP contribution in [0.15, 0.2) is 24.5 Å². The van der Waals surface area contributed by atoms with Crippen LogP contribution in [0.2, 0.25) is 0 Å². The van der Waals surface area contributed by atoms with E-state index in [0.29, 0.717) is 17.8 Å². The minimum Gasteiger partial charge on any atom is -0.341 e. The second-order valence-corrected chi connectivity index (χ2v) is 6.82. The SMILES string of the molecule is Fc1cnc(N2CCC(c3nnc4ccc(C5CC5)nn34)CC2)nc1. The van der Waals surface area contributed by atoms with E-state index in [0.717, 1.165) is 43.1 Å². The highest BCUT2D eigenvalue weighted by atomic mass is 19.1. The van der Waals surface area contributed by atoms with Crippen molar-refractivity contribution in [3.05, 3.63) is 41.9 Å². The molecule has 8 heteroatoms. The van der Waals surface area contributed by atoms with Gasteiger partial charge in [-0.05, 0) is 37.8 Å². The Balaban J connectivity index is 1.35. The molecular formula is C17H18FN7. The van der Waals surface area contributed by atoms with E-state index in [1.807, 2.05) is 10.6 Å². The fourth-order valence-corrected chi connectivity index (χ4v) is 3.48. The van der Waals surface area contributed by atoms with Gasteiger partial charge >= 0.3 is 0 Å². The molecule has 0 aromatic carbocycles. The van der Waals surface area contributed by atoms with Crippen molar-refractivity contribution >= 4 is 11.6 Å². The minimum atomic E-state index is -0.411. The Kier molecular flexibility index (Phi) is 3.36. The van der Waals surface area contributed by atoms with Crippen LogP contribution in [0.4, 0.5) is 10.3 Å². The van der Waals surface area contributed by atoms with Gasteiger partial charge < -0.3 is 4.90 Å². The lowest BCUT2D eigenvalue weighted by Gasteiger charge is -2.30. The van der Waals surface area contributed by atoms with E-state index in [-0.39, 0.29) is 0 Å². The fraction of sp³-hybridized carbons (Fsp3) is 0.471. The van der Waals surface area contributed by atoms with Crippen LogP contribution in [0.5, 0.6) is 0 Å². The van der Waals surface area contributed by atoms with Gasteiger partial charge in [-0.1, -0.05) is 0 Å². The van der Waals surface area contributed by atoms with Crippen LogP contribution in [0.3, 0.4) is 0 Å². The molecule has 1 saturated carbocycles. The van der Waals surface area contributed by atoms with Crippen LogP contribution in [-0.4, -0.2) is 42.9 Å². The van der Waals surface area contributed by atoms with Crippen molar-refractivity contribution in [3.8, 4) is 0 Å². The molecule has 1 aliphatic carbocycles. The van der Waals surface area contributed by atoms with Gasteiger partial charge in [0.2, 0.25) is 5.95 Å². The molecule has 0 N–H and O–H groups in total. The Morgan fingerprint density at radius 1 is 0.920 bits per heavy atom. The third kappa shape index (κ3) is 2.71. The zero-order valence-corrected chi connectivity index (χ0v) is 13.7. The van der Waals surface area contributed by atoms with Crippen LogP contribution >= 0.6 is 0 Å². The average Bonchev–Trinajstić information content (AvgIpc) is 3.42. The van der Waals surface area contributed by atoms with E-state index in [1.165, 1.54) is 25.2 Å². The van der Waals surface area contributed by atoms with Crippen LogP contribution in [-0.2, 0) is 0 Å². The molecule has 2 fully saturated rings. The maximum atomic E-state index is 13.0. The zero-order chi connectivity index (χ0) is 16.8. The van der Waals surface area contributed by atoms with Gasteiger partial charge in [-0.3, -0.25) is 0 Å². The molecule has 0 spiro atoms.